The van der Waals surface area contributed by atoms with Crippen LogP contribution in [0.1, 0.15) is 40.0 Å². The Kier molecular flexibility index (Phi) is 3.76. The summed E-state index contributed by atoms with van der Waals surface area (Å²) in [4.78, 5) is 4.30. The molecule has 1 aliphatic carbocycles. The lowest BCUT2D eigenvalue weighted by Crippen LogP contribution is -2.34. The average Bonchev–Trinajstić information content (AvgIpc) is 2.26. The molecule has 0 radical (unpaired) electrons. The SMILES string of the molecule is CC1CC(Oc2cccc(NN)n2)CC(C)(C)C1. The first-order chi connectivity index (χ1) is 8.48. The fourth-order valence-corrected chi connectivity index (χ4v) is 3.08. The Balaban J connectivity index is 2.04. The molecule has 2 unspecified atom stereocenters. The lowest BCUT2D eigenvalue weighted by atomic mass is 9.71. The molecule has 1 saturated carbocycles. The minimum Gasteiger partial charge on any atom is -0.474 e. The third-order valence-corrected chi connectivity index (χ3v) is 3.51. The Labute approximate surface area is 109 Å². The van der Waals surface area contributed by atoms with Gasteiger partial charge in [-0.05, 0) is 36.7 Å². The normalized spacial score (nSPS) is 26.7. The number of ether oxygens (including phenoxy) is 1. The van der Waals surface area contributed by atoms with Crippen molar-refractivity contribution in [2.75, 3.05) is 5.43 Å². The van der Waals surface area contributed by atoms with Gasteiger partial charge in [0.05, 0.1) is 0 Å². The highest BCUT2D eigenvalue weighted by Gasteiger charge is 2.33. The molecular formula is C14H23N3O. The van der Waals surface area contributed by atoms with E-state index >= 15 is 0 Å². The van der Waals surface area contributed by atoms with Gasteiger partial charge in [-0.15, -0.1) is 0 Å². The van der Waals surface area contributed by atoms with E-state index in [1.165, 1.54) is 6.42 Å². The molecule has 0 bridgehead atoms. The first-order valence-corrected chi connectivity index (χ1v) is 6.59. The minimum absolute atomic E-state index is 0.254. The van der Waals surface area contributed by atoms with E-state index in [1.54, 1.807) is 0 Å². The standard InChI is InChI=1S/C14H23N3O/c1-10-7-11(9-14(2,3)8-10)18-13-6-4-5-12(16-13)17-15/h4-6,10-11H,7-9,15H2,1-3H3,(H,16,17). The number of nitrogens with two attached hydrogens (primary N) is 1. The number of nitrogens with one attached hydrogen (secondary N) is 1. The molecule has 0 amide bonds. The van der Waals surface area contributed by atoms with Crippen molar-refractivity contribution in [1.29, 1.82) is 0 Å². The van der Waals surface area contributed by atoms with E-state index in [-0.39, 0.29) is 6.10 Å². The summed E-state index contributed by atoms with van der Waals surface area (Å²) in [5.41, 5.74) is 2.89. The third kappa shape index (κ3) is 3.35. The first-order valence-electron chi connectivity index (χ1n) is 6.59. The van der Waals surface area contributed by atoms with Gasteiger partial charge >= 0.3 is 0 Å². The van der Waals surface area contributed by atoms with Crippen molar-refractivity contribution in [2.45, 2.75) is 46.1 Å². The van der Waals surface area contributed by atoms with Crippen molar-refractivity contribution in [3.8, 4) is 5.88 Å². The van der Waals surface area contributed by atoms with E-state index in [9.17, 15) is 0 Å². The van der Waals surface area contributed by atoms with E-state index in [0.29, 0.717) is 23.0 Å². The van der Waals surface area contributed by atoms with Gasteiger partial charge in [-0.1, -0.05) is 26.8 Å². The quantitative estimate of drug-likeness (QED) is 0.638. The lowest BCUT2D eigenvalue weighted by molar-refractivity contribution is 0.0533. The fraction of sp³-hybridized carbons (Fsp3) is 0.643. The molecule has 2 rings (SSSR count). The molecule has 1 aliphatic rings. The summed E-state index contributed by atoms with van der Waals surface area (Å²) >= 11 is 0. The van der Waals surface area contributed by atoms with E-state index in [2.05, 4.69) is 31.2 Å². The monoisotopic (exact) mass is 249 g/mol. The van der Waals surface area contributed by atoms with Crippen LogP contribution in [0.4, 0.5) is 5.82 Å². The zero-order valence-electron chi connectivity index (χ0n) is 11.4. The summed E-state index contributed by atoms with van der Waals surface area (Å²) < 4.78 is 6.00. The molecule has 1 aromatic rings. The number of nitrogen functional groups attached to an aromatic ring is 1. The zero-order chi connectivity index (χ0) is 13.2. The second-order valence-electron chi connectivity index (χ2n) is 6.16. The maximum Gasteiger partial charge on any atom is 0.215 e. The number of nitrogens with zero attached hydrogens (tertiary/aromatic N) is 1. The number of hydrazine groups is 1. The summed E-state index contributed by atoms with van der Waals surface area (Å²) in [6.45, 7) is 6.91. The Morgan fingerprint density at radius 2 is 2.17 bits per heavy atom. The number of aromatic nitrogens is 1. The van der Waals surface area contributed by atoms with E-state index in [4.69, 9.17) is 10.6 Å². The number of hydrogen-bond donors (Lipinski definition) is 2. The van der Waals surface area contributed by atoms with Crippen LogP contribution in [-0.2, 0) is 0 Å². The van der Waals surface area contributed by atoms with Gasteiger partial charge in [0.25, 0.3) is 0 Å². The highest BCUT2D eigenvalue weighted by molar-refractivity contribution is 5.35. The lowest BCUT2D eigenvalue weighted by Gasteiger charge is -2.38. The molecule has 0 aliphatic heterocycles. The van der Waals surface area contributed by atoms with Crippen LogP contribution in [0.5, 0.6) is 5.88 Å². The fourth-order valence-electron chi connectivity index (χ4n) is 3.08. The van der Waals surface area contributed by atoms with Crippen LogP contribution < -0.4 is 16.0 Å². The molecule has 1 fully saturated rings. The van der Waals surface area contributed by atoms with Crippen molar-refractivity contribution in [2.24, 2.45) is 17.2 Å². The smallest absolute Gasteiger partial charge is 0.215 e. The summed E-state index contributed by atoms with van der Waals surface area (Å²) in [6, 6.07) is 5.60. The Morgan fingerprint density at radius 3 is 2.83 bits per heavy atom. The van der Waals surface area contributed by atoms with Gasteiger partial charge in [-0.25, -0.2) is 5.84 Å². The van der Waals surface area contributed by atoms with Crippen LogP contribution in [0.15, 0.2) is 18.2 Å². The molecule has 2 atom stereocenters. The first kappa shape index (κ1) is 13.1. The Morgan fingerprint density at radius 1 is 1.39 bits per heavy atom. The van der Waals surface area contributed by atoms with E-state index in [1.807, 2.05) is 18.2 Å². The second-order valence-corrected chi connectivity index (χ2v) is 6.16. The maximum absolute atomic E-state index is 6.00. The summed E-state index contributed by atoms with van der Waals surface area (Å²) in [7, 11) is 0. The van der Waals surface area contributed by atoms with E-state index in [0.717, 1.165) is 12.8 Å². The van der Waals surface area contributed by atoms with Crippen LogP contribution >= 0.6 is 0 Å². The molecule has 100 valence electrons. The molecule has 0 saturated heterocycles. The summed E-state index contributed by atoms with van der Waals surface area (Å²) in [5.74, 6) is 7.34. The maximum atomic E-state index is 6.00. The summed E-state index contributed by atoms with van der Waals surface area (Å²) in [5, 5.41) is 0. The molecule has 1 aromatic heterocycles. The van der Waals surface area contributed by atoms with Crippen molar-refractivity contribution >= 4 is 5.82 Å². The molecule has 0 aromatic carbocycles. The number of hydrogen-bond acceptors (Lipinski definition) is 4. The molecular weight excluding hydrogens is 226 g/mol. The van der Waals surface area contributed by atoms with Crippen LogP contribution in [0.2, 0.25) is 0 Å². The van der Waals surface area contributed by atoms with Crippen molar-refractivity contribution < 1.29 is 4.74 Å². The predicted molar refractivity (Wildman–Crippen MR) is 73.3 cm³/mol. The van der Waals surface area contributed by atoms with Gasteiger partial charge in [-0.2, -0.15) is 4.98 Å². The second kappa shape index (κ2) is 5.14. The Bertz CT molecular complexity index is 406. The van der Waals surface area contributed by atoms with Gasteiger partial charge in [0.15, 0.2) is 0 Å². The number of anilines is 1. The van der Waals surface area contributed by atoms with Crippen LogP contribution in [-0.4, -0.2) is 11.1 Å². The topological polar surface area (TPSA) is 60.2 Å². The van der Waals surface area contributed by atoms with Gasteiger partial charge in [0, 0.05) is 6.07 Å². The molecule has 4 heteroatoms. The molecule has 18 heavy (non-hydrogen) atoms. The zero-order valence-corrected chi connectivity index (χ0v) is 11.4. The highest BCUT2D eigenvalue weighted by atomic mass is 16.5. The molecule has 3 N–H and O–H groups in total. The third-order valence-electron chi connectivity index (χ3n) is 3.51. The van der Waals surface area contributed by atoms with Gasteiger partial charge in [0.1, 0.15) is 11.9 Å². The number of rotatable bonds is 3. The van der Waals surface area contributed by atoms with Gasteiger partial charge in [0.2, 0.25) is 5.88 Å². The predicted octanol–water partition coefficient (Wildman–Crippen LogP) is 2.96. The molecule has 0 spiro atoms. The van der Waals surface area contributed by atoms with Crippen molar-refractivity contribution in [3.63, 3.8) is 0 Å². The van der Waals surface area contributed by atoms with Crippen LogP contribution in [0, 0.1) is 11.3 Å². The summed E-state index contributed by atoms with van der Waals surface area (Å²) in [6.07, 6.45) is 3.71. The van der Waals surface area contributed by atoms with Gasteiger partial charge in [-0.3, -0.25) is 0 Å². The Hall–Kier alpha value is -1.29. The largest absolute Gasteiger partial charge is 0.474 e. The average molecular weight is 249 g/mol. The van der Waals surface area contributed by atoms with Crippen molar-refractivity contribution in [3.05, 3.63) is 18.2 Å². The van der Waals surface area contributed by atoms with Gasteiger partial charge < -0.3 is 10.2 Å². The van der Waals surface area contributed by atoms with E-state index < -0.39 is 0 Å². The molecule has 4 nitrogen and oxygen atoms in total. The minimum atomic E-state index is 0.254. The van der Waals surface area contributed by atoms with Crippen LogP contribution in [0.3, 0.4) is 0 Å². The number of pyridine rings is 1. The van der Waals surface area contributed by atoms with Crippen LogP contribution in [0.25, 0.3) is 0 Å². The molecule has 1 heterocycles. The highest BCUT2D eigenvalue weighted by Crippen LogP contribution is 2.39. The van der Waals surface area contributed by atoms with Crippen molar-refractivity contribution in [1.82, 2.24) is 4.98 Å².